The molecule has 106 valence electrons. The van der Waals surface area contributed by atoms with Crippen molar-refractivity contribution in [2.24, 2.45) is 0 Å². The van der Waals surface area contributed by atoms with E-state index in [-0.39, 0.29) is 9.92 Å². The lowest BCUT2D eigenvalue weighted by Gasteiger charge is -2.09. The second-order valence-electron chi connectivity index (χ2n) is 3.91. The van der Waals surface area contributed by atoms with Gasteiger partial charge in [-0.1, -0.05) is 23.2 Å². The van der Waals surface area contributed by atoms with E-state index in [2.05, 4.69) is 4.72 Å². The smallest absolute Gasteiger partial charge is 0.261 e. The topological polar surface area (TPSA) is 55.4 Å². The van der Waals surface area contributed by atoms with E-state index in [1.54, 1.807) is 24.3 Å². The largest absolute Gasteiger partial charge is 0.497 e. The Kier molecular flexibility index (Phi) is 4.42. The fraction of sp³-hybridized carbons (Fsp3) is 0.0769. The van der Waals surface area contributed by atoms with Crippen LogP contribution < -0.4 is 9.46 Å². The van der Waals surface area contributed by atoms with Crippen LogP contribution in [-0.2, 0) is 10.0 Å². The van der Waals surface area contributed by atoms with E-state index in [1.807, 2.05) is 0 Å². The van der Waals surface area contributed by atoms with Gasteiger partial charge in [-0.2, -0.15) is 0 Å². The predicted molar refractivity (Wildman–Crippen MR) is 80.3 cm³/mol. The first-order chi connectivity index (χ1) is 9.42. The van der Waals surface area contributed by atoms with Crippen LogP contribution in [0.5, 0.6) is 5.75 Å². The summed E-state index contributed by atoms with van der Waals surface area (Å²) in [4.78, 5) is 0.0442. The molecule has 2 aromatic carbocycles. The van der Waals surface area contributed by atoms with Gasteiger partial charge < -0.3 is 4.74 Å². The van der Waals surface area contributed by atoms with Crippen molar-refractivity contribution in [3.8, 4) is 5.75 Å². The molecule has 0 saturated carbocycles. The Labute approximate surface area is 127 Å². The third-order valence-corrected chi connectivity index (χ3v) is 4.66. The molecule has 0 bridgehead atoms. The lowest BCUT2D eigenvalue weighted by molar-refractivity contribution is 0.415. The molecule has 2 aromatic rings. The molecule has 20 heavy (non-hydrogen) atoms. The quantitative estimate of drug-likeness (QED) is 0.926. The summed E-state index contributed by atoms with van der Waals surface area (Å²) in [6.45, 7) is 0. The second-order valence-corrected chi connectivity index (χ2v) is 6.41. The van der Waals surface area contributed by atoms with Gasteiger partial charge in [-0.15, -0.1) is 0 Å². The van der Waals surface area contributed by atoms with Gasteiger partial charge in [0.2, 0.25) is 0 Å². The number of benzene rings is 2. The van der Waals surface area contributed by atoms with E-state index < -0.39 is 10.0 Å². The molecule has 2 rings (SSSR count). The van der Waals surface area contributed by atoms with Crippen LogP contribution in [0.15, 0.2) is 47.4 Å². The van der Waals surface area contributed by atoms with Crippen molar-refractivity contribution in [2.45, 2.75) is 4.90 Å². The number of nitrogens with one attached hydrogen (secondary N) is 1. The van der Waals surface area contributed by atoms with Crippen molar-refractivity contribution in [1.82, 2.24) is 0 Å². The number of methoxy groups -OCH3 is 1. The summed E-state index contributed by atoms with van der Waals surface area (Å²) < 4.78 is 31.8. The van der Waals surface area contributed by atoms with Crippen LogP contribution >= 0.6 is 23.2 Å². The first-order valence-electron chi connectivity index (χ1n) is 5.54. The third-order valence-electron chi connectivity index (χ3n) is 2.54. The molecule has 7 heteroatoms. The van der Waals surface area contributed by atoms with Crippen LogP contribution in [0.1, 0.15) is 0 Å². The number of ether oxygens (including phenoxy) is 1. The van der Waals surface area contributed by atoms with Gasteiger partial charge in [0, 0.05) is 5.69 Å². The van der Waals surface area contributed by atoms with Crippen molar-refractivity contribution >= 4 is 38.9 Å². The van der Waals surface area contributed by atoms with E-state index in [9.17, 15) is 8.42 Å². The van der Waals surface area contributed by atoms with Crippen LogP contribution in [0.25, 0.3) is 0 Å². The highest BCUT2D eigenvalue weighted by Crippen LogP contribution is 2.26. The summed E-state index contributed by atoms with van der Waals surface area (Å²) in [5.74, 6) is 0.641. The Bertz CT molecular complexity index is 715. The molecule has 4 nitrogen and oxygen atoms in total. The van der Waals surface area contributed by atoms with Crippen molar-refractivity contribution in [2.75, 3.05) is 11.8 Å². The van der Waals surface area contributed by atoms with Gasteiger partial charge in [-0.3, -0.25) is 4.72 Å². The average Bonchev–Trinajstić information content (AvgIpc) is 2.42. The number of sulfonamides is 1. The standard InChI is InChI=1S/C13H11Cl2NO3S/c1-19-10-4-2-9(3-5-10)16-20(17,18)11-6-7-12(14)13(15)8-11/h2-8,16H,1H3. The molecule has 0 saturated heterocycles. The van der Waals surface area contributed by atoms with E-state index in [0.29, 0.717) is 16.5 Å². The minimum absolute atomic E-state index is 0.0442. The predicted octanol–water partition coefficient (Wildman–Crippen LogP) is 3.80. The number of halogens is 2. The normalized spacial score (nSPS) is 11.2. The summed E-state index contributed by atoms with van der Waals surface area (Å²) in [5, 5.41) is 0.485. The Balaban J connectivity index is 2.27. The fourth-order valence-electron chi connectivity index (χ4n) is 1.52. The molecular weight excluding hydrogens is 321 g/mol. The van der Waals surface area contributed by atoms with E-state index in [4.69, 9.17) is 27.9 Å². The van der Waals surface area contributed by atoms with E-state index in [0.717, 1.165) is 0 Å². The van der Waals surface area contributed by atoms with Crippen molar-refractivity contribution in [3.63, 3.8) is 0 Å². The maximum absolute atomic E-state index is 12.2. The van der Waals surface area contributed by atoms with Gasteiger partial charge in [0.15, 0.2) is 0 Å². The first-order valence-corrected chi connectivity index (χ1v) is 7.78. The molecule has 0 unspecified atom stereocenters. The molecule has 0 radical (unpaired) electrons. The summed E-state index contributed by atoms with van der Waals surface area (Å²) in [6, 6.07) is 10.7. The summed E-state index contributed by atoms with van der Waals surface area (Å²) >= 11 is 11.6. The molecule has 0 fully saturated rings. The molecule has 0 heterocycles. The maximum atomic E-state index is 12.2. The minimum atomic E-state index is -3.71. The number of hydrogen-bond acceptors (Lipinski definition) is 3. The Morgan fingerprint density at radius 2 is 1.65 bits per heavy atom. The van der Waals surface area contributed by atoms with Crippen molar-refractivity contribution < 1.29 is 13.2 Å². The van der Waals surface area contributed by atoms with Gasteiger partial charge in [-0.05, 0) is 42.5 Å². The SMILES string of the molecule is COc1ccc(NS(=O)(=O)c2ccc(Cl)c(Cl)c2)cc1. The lowest BCUT2D eigenvalue weighted by atomic mass is 10.3. The van der Waals surface area contributed by atoms with Gasteiger partial charge in [0.1, 0.15) is 5.75 Å². The summed E-state index contributed by atoms with van der Waals surface area (Å²) in [6.07, 6.45) is 0. The van der Waals surface area contributed by atoms with E-state index in [1.165, 1.54) is 25.3 Å². The number of hydrogen-bond donors (Lipinski definition) is 1. The molecule has 0 aliphatic heterocycles. The lowest BCUT2D eigenvalue weighted by Crippen LogP contribution is -2.12. The second kappa shape index (κ2) is 5.91. The van der Waals surface area contributed by atoms with Crippen LogP contribution in [0.2, 0.25) is 10.0 Å². The summed E-state index contributed by atoms with van der Waals surface area (Å²) in [7, 11) is -2.17. The molecule has 1 N–H and O–H groups in total. The van der Waals surface area contributed by atoms with Crippen LogP contribution in [0.3, 0.4) is 0 Å². The van der Waals surface area contributed by atoms with E-state index >= 15 is 0 Å². The van der Waals surface area contributed by atoms with Gasteiger partial charge in [-0.25, -0.2) is 8.42 Å². The zero-order valence-corrected chi connectivity index (χ0v) is 12.8. The fourth-order valence-corrected chi connectivity index (χ4v) is 2.96. The molecule has 0 aliphatic carbocycles. The highest BCUT2D eigenvalue weighted by molar-refractivity contribution is 7.92. The summed E-state index contributed by atoms with van der Waals surface area (Å²) in [5.41, 5.74) is 0.428. The molecule has 0 atom stereocenters. The third kappa shape index (κ3) is 3.36. The Hall–Kier alpha value is -1.43. The highest BCUT2D eigenvalue weighted by Gasteiger charge is 2.15. The minimum Gasteiger partial charge on any atom is -0.497 e. The molecule has 0 spiro atoms. The van der Waals surface area contributed by atoms with Crippen LogP contribution in [0.4, 0.5) is 5.69 Å². The van der Waals surface area contributed by atoms with Crippen molar-refractivity contribution in [1.29, 1.82) is 0 Å². The maximum Gasteiger partial charge on any atom is 0.261 e. The monoisotopic (exact) mass is 331 g/mol. The average molecular weight is 332 g/mol. The van der Waals surface area contributed by atoms with Crippen molar-refractivity contribution in [3.05, 3.63) is 52.5 Å². The zero-order valence-electron chi connectivity index (χ0n) is 10.4. The Morgan fingerprint density at radius 1 is 1.00 bits per heavy atom. The van der Waals surface area contributed by atoms with Gasteiger partial charge in [0.05, 0.1) is 22.1 Å². The molecule has 0 amide bonds. The van der Waals surface area contributed by atoms with Gasteiger partial charge in [0.25, 0.3) is 10.0 Å². The Morgan fingerprint density at radius 3 is 2.20 bits per heavy atom. The number of anilines is 1. The number of rotatable bonds is 4. The molecular formula is C13H11Cl2NO3S. The van der Waals surface area contributed by atoms with Crippen LogP contribution in [-0.4, -0.2) is 15.5 Å². The van der Waals surface area contributed by atoms with Crippen LogP contribution in [0, 0.1) is 0 Å². The molecule has 0 aliphatic rings. The molecule has 0 aromatic heterocycles. The zero-order chi connectivity index (χ0) is 14.8. The van der Waals surface area contributed by atoms with Gasteiger partial charge >= 0.3 is 0 Å². The highest BCUT2D eigenvalue weighted by atomic mass is 35.5. The first kappa shape index (κ1) is 15.0.